The number of hydrogen-bond acceptors (Lipinski definition) is 2. The number of aromatic nitrogens is 2. The first-order chi connectivity index (χ1) is 7.59. The number of nitrogens with one attached hydrogen (secondary N) is 1. The summed E-state index contributed by atoms with van der Waals surface area (Å²) in [5.74, 6) is -0.390. The van der Waals surface area contributed by atoms with E-state index in [0.29, 0.717) is 11.4 Å². The summed E-state index contributed by atoms with van der Waals surface area (Å²) in [6.45, 7) is 1.68. The molecule has 5 heteroatoms. The number of rotatable bonds is 1. The predicted octanol–water partition coefficient (Wildman–Crippen LogP) is 0.973. The Balaban J connectivity index is 2.74. The number of H-pyrrole nitrogens is 1. The van der Waals surface area contributed by atoms with E-state index in [-0.39, 0.29) is 5.82 Å². The maximum Gasteiger partial charge on any atom is 0.320 e. The van der Waals surface area contributed by atoms with Crippen LogP contribution in [0.2, 0.25) is 0 Å². The highest BCUT2D eigenvalue weighted by Gasteiger charge is 2.05. The van der Waals surface area contributed by atoms with Crippen LogP contribution in [0.3, 0.4) is 0 Å². The first kappa shape index (κ1) is 10.4. The Bertz CT molecular complexity index is 626. The van der Waals surface area contributed by atoms with Crippen molar-refractivity contribution in [3.63, 3.8) is 0 Å². The van der Waals surface area contributed by atoms with Gasteiger partial charge in [0, 0.05) is 17.6 Å². The van der Waals surface area contributed by atoms with Crippen molar-refractivity contribution in [2.75, 3.05) is 0 Å². The summed E-state index contributed by atoms with van der Waals surface area (Å²) in [6.07, 6.45) is 1.44. The SMILES string of the molecule is Cc1c[nH]c(=O)c(=O)n1-c1ccc(F)cc1. The molecule has 0 unspecified atom stereocenters. The Morgan fingerprint density at radius 2 is 1.81 bits per heavy atom. The quantitative estimate of drug-likeness (QED) is 0.728. The molecule has 0 amide bonds. The van der Waals surface area contributed by atoms with E-state index in [0.717, 1.165) is 0 Å². The van der Waals surface area contributed by atoms with Gasteiger partial charge in [-0.1, -0.05) is 0 Å². The third kappa shape index (κ3) is 1.67. The molecule has 2 rings (SSSR count). The Hall–Kier alpha value is -2.17. The lowest BCUT2D eigenvalue weighted by atomic mass is 10.3. The average molecular weight is 220 g/mol. The van der Waals surface area contributed by atoms with Crippen molar-refractivity contribution in [2.24, 2.45) is 0 Å². The summed E-state index contributed by atoms with van der Waals surface area (Å²) in [6, 6.07) is 5.37. The molecule has 0 saturated carbocycles. The van der Waals surface area contributed by atoms with Crippen molar-refractivity contribution in [1.82, 2.24) is 9.55 Å². The molecule has 0 aliphatic rings. The molecule has 0 atom stereocenters. The minimum Gasteiger partial charge on any atom is -0.323 e. The van der Waals surface area contributed by atoms with E-state index < -0.39 is 11.1 Å². The van der Waals surface area contributed by atoms with Gasteiger partial charge in [-0.25, -0.2) is 4.39 Å². The molecule has 16 heavy (non-hydrogen) atoms. The molecule has 0 saturated heterocycles. The molecule has 0 aliphatic carbocycles. The smallest absolute Gasteiger partial charge is 0.320 e. The van der Waals surface area contributed by atoms with Crippen molar-refractivity contribution < 1.29 is 4.39 Å². The van der Waals surface area contributed by atoms with Gasteiger partial charge in [0.15, 0.2) is 0 Å². The number of hydrogen-bond donors (Lipinski definition) is 1. The zero-order valence-electron chi connectivity index (χ0n) is 8.53. The molecule has 0 fully saturated rings. The van der Waals surface area contributed by atoms with Crippen molar-refractivity contribution in [3.8, 4) is 5.69 Å². The lowest BCUT2D eigenvalue weighted by Gasteiger charge is -2.07. The zero-order valence-corrected chi connectivity index (χ0v) is 8.53. The fourth-order valence-corrected chi connectivity index (χ4v) is 1.47. The van der Waals surface area contributed by atoms with Gasteiger partial charge < -0.3 is 4.98 Å². The number of halogens is 1. The fraction of sp³-hybridized carbons (Fsp3) is 0.0909. The number of aryl methyl sites for hydroxylation is 1. The molecule has 0 bridgehead atoms. The third-order valence-electron chi connectivity index (χ3n) is 2.25. The van der Waals surface area contributed by atoms with Crippen molar-refractivity contribution >= 4 is 0 Å². The largest absolute Gasteiger partial charge is 0.323 e. The van der Waals surface area contributed by atoms with Gasteiger partial charge >= 0.3 is 11.1 Å². The molecule has 0 radical (unpaired) electrons. The van der Waals surface area contributed by atoms with Gasteiger partial charge in [0.1, 0.15) is 5.82 Å². The van der Waals surface area contributed by atoms with E-state index in [4.69, 9.17) is 0 Å². The summed E-state index contributed by atoms with van der Waals surface area (Å²) in [4.78, 5) is 25.1. The minimum atomic E-state index is -0.699. The van der Waals surface area contributed by atoms with Crippen molar-refractivity contribution in [3.05, 3.63) is 62.7 Å². The molecule has 1 aromatic heterocycles. The van der Waals surface area contributed by atoms with Gasteiger partial charge in [-0.2, -0.15) is 0 Å². The maximum absolute atomic E-state index is 12.7. The number of nitrogens with zero attached hydrogens (tertiary/aromatic N) is 1. The van der Waals surface area contributed by atoms with Gasteiger partial charge in [0.2, 0.25) is 0 Å². The minimum absolute atomic E-state index is 0.390. The topological polar surface area (TPSA) is 54.9 Å². The summed E-state index contributed by atoms with van der Waals surface area (Å²) >= 11 is 0. The van der Waals surface area contributed by atoms with Crippen LogP contribution in [0, 0.1) is 12.7 Å². The number of benzene rings is 1. The summed E-state index contributed by atoms with van der Waals surface area (Å²) in [7, 11) is 0. The summed E-state index contributed by atoms with van der Waals surface area (Å²) < 4.78 is 14.0. The Labute approximate surface area is 90.0 Å². The van der Waals surface area contributed by atoms with E-state index in [2.05, 4.69) is 4.98 Å². The van der Waals surface area contributed by atoms with Crippen LogP contribution in [0.5, 0.6) is 0 Å². The number of aromatic amines is 1. The Morgan fingerprint density at radius 1 is 1.19 bits per heavy atom. The monoisotopic (exact) mass is 220 g/mol. The average Bonchev–Trinajstić information content (AvgIpc) is 2.27. The van der Waals surface area contributed by atoms with Gasteiger partial charge in [0.25, 0.3) is 0 Å². The second-order valence-electron chi connectivity index (χ2n) is 3.38. The van der Waals surface area contributed by atoms with E-state index in [1.54, 1.807) is 6.92 Å². The molecule has 1 N–H and O–H groups in total. The molecule has 1 aromatic carbocycles. The predicted molar refractivity (Wildman–Crippen MR) is 57.4 cm³/mol. The fourth-order valence-electron chi connectivity index (χ4n) is 1.47. The van der Waals surface area contributed by atoms with Gasteiger partial charge in [0.05, 0.1) is 0 Å². The maximum atomic E-state index is 12.7. The molecule has 4 nitrogen and oxygen atoms in total. The van der Waals surface area contributed by atoms with Crippen LogP contribution in [0.15, 0.2) is 40.1 Å². The second kappa shape index (κ2) is 3.77. The van der Waals surface area contributed by atoms with Crippen LogP contribution in [0.25, 0.3) is 5.69 Å². The van der Waals surface area contributed by atoms with Crippen LogP contribution < -0.4 is 11.1 Å². The van der Waals surface area contributed by atoms with Crippen LogP contribution in [0.4, 0.5) is 4.39 Å². The molecule has 2 aromatic rings. The molecule has 0 spiro atoms. The van der Waals surface area contributed by atoms with E-state index in [1.807, 2.05) is 0 Å². The lowest BCUT2D eigenvalue weighted by molar-refractivity contribution is 0.627. The standard InChI is InChI=1S/C11H9FN2O2/c1-7-6-13-10(15)11(16)14(7)9-4-2-8(12)3-5-9/h2-6H,1H3,(H,13,15). The summed E-state index contributed by atoms with van der Waals surface area (Å²) in [5, 5.41) is 0. The van der Waals surface area contributed by atoms with E-state index in [9.17, 15) is 14.0 Å². The highest BCUT2D eigenvalue weighted by molar-refractivity contribution is 5.33. The van der Waals surface area contributed by atoms with Crippen LogP contribution in [-0.4, -0.2) is 9.55 Å². The van der Waals surface area contributed by atoms with E-state index in [1.165, 1.54) is 35.0 Å². The summed E-state index contributed by atoms with van der Waals surface area (Å²) in [5.41, 5.74) is -0.326. The molecule has 0 aliphatic heterocycles. The first-order valence-corrected chi connectivity index (χ1v) is 4.67. The molecule has 82 valence electrons. The van der Waals surface area contributed by atoms with Crippen molar-refractivity contribution in [1.29, 1.82) is 0 Å². The van der Waals surface area contributed by atoms with Gasteiger partial charge in [-0.05, 0) is 31.2 Å². The first-order valence-electron chi connectivity index (χ1n) is 4.67. The van der Waals surface area contributed by atoms with Crippen LogP contribution in [-0.2, 0) is 0 Å². The normalized spacial score (nSPS) is 10.4. The zero-order chi connectivity index (χ0) is 11.7. The molecular formula is C11H9FN2O2. The van der Waals surface area contributed by atoms with Crippen LogP contribution >= 0.6 is 0 Å². The third-order valence-corrected chi connectivity index (χ3v) is 2.25. The van der Waals surface area contributed by atoms with Gasteiger partial charge in [-0.15, -0.1) is 0 Å². The molecule has 1 heterocycles. The van der Waals surface area contributed by atoms with E-state index >= 15 is 0 Å². The lowest BCUT2D eigenvalue weighted by Crippen LogP contribution is -2.36. The molecular weight excluding hydrogens is 211 g/mol. The highest BCUT2D eigenvalue weighted by atomic mass is 19.1. The van der Waals surface area contributed by atoms with Crippen molar-refractivity contribution in [2.45, 2.75) is 6.92 Å². The highest BCUT2D eigenvalue weighted by Crippen LogP contribution is 2.07. The second-order valence-corrected chi connectivity index (χ2v) is 3.38. The Morgan fingerprint density at radius 3 is 2.44 bits per heavy atom. The Kier molecular flexibility index (Phi) is 2.44. The van der Waals surface area contributed by atoms with Gasteiger partial charge in [-0.3, -0.25) is 14.2 Å². The van der Waals surface area contributed by atoms with Crippen LogP contribution in [0.1, 0.15) is 5.69 Å².